The maximum atomic E-state index is 11.3. The third-order valence-electron chi connectivity index (χ3n) is 3.73. The number of carboxylic acid groups (broad SMARTS) is 1. The molecule has 0 spiro atoms. The fraction of sp³-hybridized carbons (Fsp3) is 0.467. The molecule has 1 aromatic rings. The Kier molecular flexibility index (Phi) is 4.18. The van der Waals surface area contributed by atoms with Crippen LogP contribution in [0.15, 0.2) is 24.3 Å². The Morgan fingerprint density at radius 1 is 1.47 bits per heavy atom. The van der Waals surface area contributed by atoms with E-state index in [1.165, 1.54) is 0 Å². The summed E-state index contributed by atoms with van der Waals surface area (Å²) in [6.45, 7) is 3.56. The van der Waals surface area contributed by atoms with Crippen LogP contribution in [0.4, 0.5) is 0 Å². The number of carboxylic acids is 1. The predicted molar refractivity (Wildman–Crippen MR) is 71.4 cm³/mol. The van der Waals surface area contributed by atoms with Crippen molar-refractivity contribution in [3.8, 4) is 6.07 Å². The minimum absolute atomic E-state index is 0.389. The number of nitrogens with zero attached hydrogens (tertiary/aromatic N) is 2. The fourth-order valence-corrected chi connectivity index (χ4v) is 2.56. The monoisotopic (exact) mass is 258 g/mol. The van der Waals surface area contributed by atoms with Crippen molar-refractivity contribution in [1.29, 1.82) is 5.26 Å². The zero-order valence-electron chi connectivity index (χ0n) is 11.0. The summed E-state index contributed by atoms with van der Waals surface area (Å²) >= 11 is 0. The highest BCUT2D eigenvalue weighted by Crippen LogP contribution is 2.24. The lowest BCUT2D eigenvalue weighted by molar-refractivity contribution is -0.145. The van der Waals surface area contributed by atoms with Crippen molar-refractivity contribution in [2.24, 2.45) is 5.92 Å². The molecule has 0 bridgehead atoms. The van der Waals surface area contributed by atoms with Crippen LogP contribution in [0.1, 0.15) is 30.9 Å². The second kappa shape index (κ2) is 5.85. The number of carbonyl (C=O) groups is 1. The Hall–Kier alpha value is -1.86. The van der Waals surface area contributed by atoms with Gasteiger partial charge in [0.25, 0.3) is 0 Å². The largest absolute Gasteiger partial charge is 0.480 e. The quantitative estimate of drug-likeness (QED) is 0.903. The highest BCUT2D eigenvalue weighted by Gasteiger charge is 2.31. The van der Waals surface area contributed by atoms with Gasteiger partial charge in [0, 0.05) is 6.54 Å². The van der Waals surface area contributed by atoms with Crippen LogP contribution in [0.5, 0.6) is 0 Å². The summed E-state index contributed by atoms with van der Waals surface area (Å²) in [4.78, 5) is 13.3. The molecule has 1 saturated heterocycles. The van der Waals surface area contributed by atoms with E-state index < -0.39 is 5.97 Å². The molecule has 1 aliphatic rings. The predicted octanol–water partition coefficient (Wildman–Crippen LogP) is 2.24. The summed E-state index contributed by atoms with van der Waals surface area (Å²) in [6, 6.07) is 9.04. The molecule has 0 radical (unpaired) electrons. The number of piperidine rings is 1. The van der Waals surface area contributed by atoms with E-state index in [1.807, 2.05) is 17.0 Å². The van der Waals surface area contributed by atoms with Gasteiger partial charge in [0.15, 0.2) is 0 Å². The molecule has 1 aromatic carbocycles. The number of benzene rings is 1. The van der Waals surface area contributed by atoms with Crippen LogP contribution >= 0.6 is 0 Å². The van der Waals surface area contributed by atoms with Gasteiger partial charge >= 0.3 is 5.97 Å². The molecule has 1 N–H and O–H groups in total. The number of rotatable bonds is 3. The van der Waals surface area contributed by atoms with Crippen molar-refractivity contribution in [3.63, 3.8) is 0 Å². The number of hydrogen-bond donors (Lipinski definition) is 1. The lowest BCUT2D eigenvalue weighted by atomic mass is 9.92. The number of hydrogen-bond acceptors (Lipinski definition) is 3. The minimum Gasteiger partial charge on any atom is -0.480 e. The van der Waals surface area contributed by atoms with Crippen molar-refractivity contribution in [2.75, 3.05) is 6.54 Å². The van der Waals surface area contributed by atoms with E-state index in [2.05, 4.69) is 13.0 Å². The van der Waals surface area contributed by atoms with Gasteiger partial charge in [0.1, 0.15) is 6.04 Å². The summed E-state index contributed by atoms with van der Waals surface area (Å²) in [7, 11) is 0. The molecule has 2 unspecified atom stereocenters. The lowest BCUT2D eigenvalue weighted by Gasteiger charge is -2.36. The average molecular weight is 258 g/mol. The summed E-state index contributed by atoms with van der Waals surface area (Å²) in [5.74, 6) is -0.265. The molecular formula is C15H18N2O2. The molecule has 1 heterocycles. The average Bonchev–Trinajstić information content (AvgIpc) is 2.41. The van der Waals surface area contributed by atoms with Gasteiger partial charge in [-0.25, -0.2) is 0 Å². The first kappa shape index (κ1) is 13.6. The number of aliphatic carboxylic acids is 1. The zero-order valence-corrected chi connectivity index (χ0v) is 11.0. The van der Waals surface area contributed by atoms with Crippen molar-refractivity contribution in [3.05, 3.63) is 35.4 Å². The zero-order chi connectivity index (χ0) is 13.8. The highest BCUT2D eigenvalue weighted by molar-refractivity contribution is 5.73. The van der Waals surface area contributed by atoms with Gasteiger partial charge in [0.05, 0.1) is 11.6 Å². The molecule has 4 nitrogen and oxygen atoms in total. The fourth-order valence-electron chi connectivity index (χ4n) is 2.56. The van der Waals surface area contributed by atoms with Crippen molar-refractivity contribution in [1.82, 2.24) is 4.90 Å². The maximum absolute atomic E-state index is 11.3. The number of nitriles is 1. The topological polar surface area (TPSA) is 64.3 Å². The van der Waals surface area contributed by atoms with Crippen LogP contribution in [-0.2, 0) is 11.3 Å². The maximum Gasteiger partial charge on any atom is 0.320 e. The number of likely N-dealkylation sites (tertiary alicyclic amines) is 1. The highest BCUT2D eigenvalue weighted by atomic mass is 16.4. The summed E-state index contributed by atoms with van der Waals surface area (Å²) in [5.41, 5.74) is 1.69. The van der Waals surface area contributed by atoms with E-state index in [9.17, 15) is 9.90 Å². The molecule has 0 aliphatic carbocycles. The van der Waals surface area contributed by atoms with Gasteiger partial charge in [-0.05, 0) is 43.0 Å². The molecule has 0 saturated carbocycles. The van der Waals surface area contributed by atoms with Crippen LogP contribution in [0, 0.1) is 17.2 Å². The Balaban J connectivity index is 2.07. The van der Waals surface area contributed by atoms with Gasteiger partial charge in [-0.2, -0.15) is 5.26 Å². The Morgan fingerprint density at radius 2 is 2.16 bits per heavy atom. The first-order chi connectivity index (χ1) is 9.10. The first-order valence-electron chi connectivity index (χ1n) is 6.56. The van der Waals surface area contributed by atoms with Gasteiger partial charge < -0.3 is 5.11 Å². The molecule has 4 heteroatoms. The molecule has 0 amide bonds. The van der Waals surface area contributed by atoms with E-state index in [0.717, 1.165) is 18.5 Å². The van der Waals surface area contributed by atoms with Crippen LogP contribution in [0.25, 0.3) is 0 Å². The van der Waals surface area contributed by atoms with Gasteiger partial charge in [0.2, 0.25) is 0 Å². The Bertz CT molecular complexity index is 490. The van der Waals surface area contributed by atoms with E-state index >= 15 is 0 Å². The molecule has 2 rings (SSSR count). The van der Waals surface area contributed by atoms with E-state index in [1.54, 1.807) is 12.1 Å². The van der Waals surface area contributed by atoms with Crippen molar-refractivity contribution < 1.29 is 9.90 Å². The lowest BCUT2D eigenvalue weighted by Crippen LogP contribution is -2.46. The van der Waals surface area contributed by atoms with Crippen LogP contribution in [0.3, 0.4) is 0 Å². The summed E-state index contributed by atoms with van der Waals surface area (Å²) in [5, 5.41) is 18.1. The summed E-state index contributed by atoms with van der Waals surface area (Å²) in [6.07, 6.45) is 1.76. The van der Waals surface area contributed by atoms with E-state index in [-0.39, 0.29) is 6.04 Å². The molecule has 100 valence electrons. The van der Waals surface area contributed by atoms with E-state index in [4.69, 9.17) is 5.26 Å². The minimum atomic E-state index is -0.736. The van der Waals surface area contributed by atoms with Crippen molar-refractivity contribution >= 4 is 5.97 Å². The van der Waals surface area contributed by atoms with Crippen LogP contribution < -0.4 is 0 Å². The molecule has 0 aromatic heterocycles. The van der Waals surface area contributed by atoms with Crippen molar-refractivity contribution in [2.45, 2.75) is 32.4 Å². The Morgan fingerprint density at radius 3 is 2.74 bits per heavy atom. The molecule has 1 aliphatic heterocycles. The molecule has 19 heavy (non-hydrogen) atoms. The second-order valence-electron chi connectivity index (χ2n) is 5.26. The second-order valence-corrected chi connectivity index (χ2v) is 5.26. The smallest absolute Gasteiger partial charge is 0.320 e. The van der Waals surface area contributed by atoms with Gasteiger partial charge in [-0.1, -0.05) is 19.1 Å². The third kappa shape index (κ3) is 3.33. The standard InChI is InChI=1S/C15H18N2O2/c1-11-6-7-17(14(8-11)15(18)19)10-13-4-2-12(9-16)3-5-13/h2-5,11,14H,6-8,10H2,1H3,(H,18,19). The van der Waals surface area contributed by atoms with Crippen LogP contribution in [-0.4, -0.2) is 28.6 Å². The SMILES string of the molecule is CC1CCN(Cc2ccc(C#N)cc2)C(C(=O)O)C1. The van der Waals surface area contributed by atoms with Gasteiger partial charge in [-0.3, -0.25) is 9.69 Å². The molecule has 1 fully saturated rings. The van der Waals surface area contributed by atoms with E-state index in [0.29, 0.717) is 24.4 Å². The third-order valence-corrected chi connectivity index (χ3v) is 3.73. The summed E-state index contributed by atoms with van der Waals surface area (Å²) < 4.78 is 0. The molecular weight excluding hydrogens is 240 g/mol. The first-order valence-corrected chi connectivity index (χ1v) is 6.56. The normalized spacial score (nSPS) is 23.8. The van der Waals surface area contributed by atoms with Gasteiger partial charge in [-0.15, -0.1) is 0 Å². The van der Waals surface area contributed by atoms with Crippen LogP contribution in [0.2, 0.25) is 0 Å². The Labute approximate surface area is 113 Å². The molecule has 2 atom stereocenters.